The van der Waals surface area contributed by atoms with Gasteiger partial charge in [0.2, 0.25) is 0 Å². The van der Waals surface area contributed by atoms with Gasteiger partial charge >= 0.3 is 5.97 Å². The van der Waals surface area contributed by atoms with E-state index < -0.39 is 22.6 Å². The molecule has 0 spiro atoms. The number of likely N-dealkylation sites (N-methyl/N-ethyl adjacent to an activating group) is 1. The van der Waals surface area contributed by atoms with Gasteiger partial charge in [-0.15, -0.1) is 0 Å². The van der Waals surface area contributed by atoms with E-state index in [2.05, 4.69) is 0 Å². The van der Waals surface area contributed by atoms with Crippen LogP contribution in [0.5, 0.6) is 0 Å². The van der Waals surface area contributed by atoms with E-state index in [0.29, 0.717) is 24.3 Å². The van der Waals surface area contributed by atoms with Gasteiger partial charge in [0.15, 0.2) is 6.61 Å². The molecule has 0 saturated carbocycles. The average Bonchev–Trinajstić information content (AvgIpc) is 3.20. The first-order valence-corrected chi connectivity index (χ1v) is 12.5. The van der Waals surface area contributed by atoms with Crippen molar-refractivity contribution in [3.8, 4) is 0 Å². The van der Waals surface area contributed by atoms with Crippen LogP contribution in [0.25, 0.3) is 0 Å². The van der Waals surface area contributed by atoms with Crippen molar-refractivity contribution in [3.05, 3.63) is 90.0 Å². The lowest BCUT2D eigenvalue weighted by molar-refractivity contribution is -0.121. The van der Waals surface area contributed by atoms with Crippen LogP contribution >= 0.6 is 0 Å². The molecule has 1 amide bonds. The fourth-order valence-electron chi connectivity index (χ4n) is 4.20. The lowest BCUT2D eigenvalue weighted by atomic mass is 10.1. The van der Waals surface area contributed by atoms with E-state index in [0.717, 1.165) is 5.56 Å². The van der Waals surface area contributed by atoms with Crippen molar-refractivity contribution in [1.82, 2.24) is 0 Å². The number of anilines is 2. The Morgan fingerprint density at radius 1 is 1.00 bits per heavy atom. The topological polar surface area (TPSA) is 84.0 Å². The van der Waals surface area contributed by atoms with Crippen LogP contribution in [-0.4, -0.2) is 39.5 Å². The first-order chi connectivity index (χ1) is 16.3. The fraction of sp³-hybridized carbons (Fsp3) is 0.231. The molecule has 34 heavy (non-hydrogen) atoms. The van der Waals surface area contributed by atoms with Gasteiger partial charge in [-0.3, -0.25) is 9.10 Å². The lowest BCUT2D eigenvalue weighted by Crippen LogP contribution is -2.36. The third kappa shape index (κ3) is 4.54. The summed E-state index contributed by atoms with van der Waals surface area (Å²) in [6, 6.07) is 22.0. The Morgan fingerprint density at radius 3 is 2.44 bits per heavy atom. The fourth-order valence-corrected chi connectivity index (χ4v) is 5.94. The highest BCUT2D eigenvalue weighted by molar-refractivity contribution is 7.92. The number of rotatable bonds is 7. The van der Waals surface area contributed by atoms with Gasteiger partial charge in [0.25, 0.3) is 15.9 Å². The molecular weight excluding hydrogens is 452 g/mol. The van der Waals surface area contributed by atoms with E-state index in [1.54, 1.807) is 24.3 Å². The van der Waals surface area contributed by atoms with Gasteiger partial charge in [-0.05, 0) is 62.2 Å². The number of hydrogen-bond donors (Lipinski definition) is 0. The van der Waals surface area contributed by atoms with E-state index in [1.165, 1.54) is 33.5 Å². The highest BCUT2D eigenvalue weighted by Gasteiger charge is 2.36. The van der Waals surface area contributed by atoms with Crippen molar-refractivity contribution in [3.63, 3.8) is 0 Å². The number of esters is 1. The maximum Gasteiger partial charge on any atom is 0.338 e. The minimum absolute atomic E-state index is 0.00343. The summed E-state index contributed by atoms with van der Waals surface area (Å²) in [6.07, 6.45) is 0.620. The standard InChI is InChI=1S/C26H26N2O5S/c1-3-27(22-12-5-4-6-13-22)25(29)18-33-26(30)21-11-9-14-23(17-21)34(31,32)28-19(2)16-20-10-7-8-15-24(20)28/h4-15,17,19H,3,16,18H2,1-2H3/t19-/m0/s1. The second kappa shape index (κ2) is 9.69. The maximum atomic E-state index is 13.4. The van der Waals surface area contributed by atoms with Crippen LogP contribution in [-0.2, 0) is 26.0 Å². The predicted octanol–water partition coefficient (Wildman–Crippen LogP) is 4.04. The summed E-state index contributed by atoms with van der Waals surface area (Å²) >= 11 is 0. The molecular formula is C26H26N2O5S. The minimum atomic E-state index is -3.89. The van der Waals surface area contributed by atoms with Crippen LogP contribution in [0.4, 0.5) is 11.4 Å². The Hall–Kier alpha value is -3.65. The molecule has 1 heterocycles. The summed E-state index contributed by atoms with van der Waals surface area (Å²) < 4.78 is 33.5. The van der Waals surface area contributed by atoms with Crippen molar-refractivity contribution in [2.75, 3.05) is 22.4 Å². The summed E-state index contributed by atoms with van der Waals surface area (Å²) in [5.74, 6) is -1.13. The molecule has 0 bridgehead atoms. The van der Waals surface area contributed by atoms with Gasteiger partial charge in [-0.2, -0.15) is 0 Å². The summed E-state index contributed by atoms with van der Waals surface area (Å²) in [6.45, 7) is 3.66. The largest absolute Gasteiger partial charge is 0.452 e. The summed E-state index contributed by atoms with van der Waals surface area (Å²) in [5, 5.41) is 0. The van der Waals surface area contributed by atoms with Crippen LogP contribution in [0, 0.1) is 0 Å². The number of nitrogens with zero attached hydrogens (tertiary/aromatic N) is 2. The highest BCUT2D eigenvalue weighted by Crippen LogP contribution is 2.36. The molecule has 176 valence electrons. The Labute approximate surface area is 199 Å². The number of hydrogen-bond acceptors (Lipinski definition) is 5. The summed E-state index contributed by atoms with van der Waals surface area (Å²) in [5.41, 5.74) is 2.39. The van der Waals surface area contributed by atoms with Gasteiger partial charge in [-0.1, -0.05) is 42.5 Å². The average molecular weight is 479 g/mol. The van der Waals surface area contributed by atoms with Crippen molar-refractivity contribution < 1.29 is 22.7 Å². The van der Waals surface area contributed by atoms with Crippen molar-refractivity contribution >= 4 is 33.3 Å². The van der Waals surface area contributed by atoms with E-state index in [1.807, 2.05) is 44.2 Å². The first-order valence-electron chi connectivity index (χ1n) is 11.1. The molecule has 0 unspecified atom stereocenters. The summed E-state index contributed by atoms with van der Waals surface area (Å²) in [7, 11) is -3.89. The Bertz CT molecular complexity index is 1310. The van der Waals surface area contributed by atoms with Gasteiger partial charge < -0.3 is 9.64 Å². The van der Waals surface area contributed by atoms with Gasteiger partial charge in [0.05, 0.1) is 16.1 Å². The third-order valence-electron chi connectivity index (χ3n) is 5.78. The van der Waals surface area contributed by atoms with Crippen molar-refractivity contribution in [2.24, 2.45) is 0 Å². The molecule has 1 atom stereocenters. The monoisotopic (exact) mass is 478 g/mol. The molecule has 8 heteroatoms. The first kappa shape index (κ1) is 23.5. The predicted molar refractivity (Wildman–Crippen MR) is 130 cm³/mol. The van der Waals surface area contributed by atoms with E-state index in [-0.39, 0.29) is 22.4 Å². The zero-order chi connectivity index (χ0) is 24.3. The smallest absolute Gasteiger partial charge is 0.338 e. The molecule has 3 aromatic rings. The molecule has 3 aromatic carbocycles. The van der Waals surface area contributed by atoms with Crippen LogP contribution < -0.4 is 9.21 Å². The molecule has 0 fully saturated rings. The Balaban J connectivity index is 1.50. The zero-order valence-corrected chi connectivity index (χ0v) is 19.9. The SMILES string of the molecule is CCN(C(=O)COC(=O)c1cccc(S(=O)(=O)N2c3ccccc3C[C@@H]2C)c1)c1ccccc1. The number of ether oxygens (including phenoxy) is 1. The van der Waals surface area contributed by atoms with Gasteiger partial charge in [0.1, 0.15) is 0 Å². The molecule has 1 aliphatic rings. The van der Waals surface area contributed by atoms with Crippen LogP contribution in [0.1, 0.15) is 29.8 Å². The number of benzene rings is 3. The number of amides is 1. The second-order valence-electron chi connectivity index (χ2n) is 8.06. The number of para-hydroxylation sites is 2. The minimum Gasteiger partial charge on any atom is -0.452 e. The molecule has 0 aliphatic carbocycles. The quantitative estimate of drug-likeness (QED) is 0.479. The van der Waals surface area contributed by atoms with Crippen molar-refractivity contribution in [1.29, 1.82) is 0 Å². The molecule has 0 saturated heterocycles. The molecule has 7 nitrogen and oxygen atoms in total. The Morgan fingerprint density at radius 2 is 1.71 bits per heavy atom. The van der Waals surface area contributed by atoms with E-state index in [9.17, 15) is 18.0 Å². The van der Waals surface area contributed by atoms with Crippen LogP contribution in [0.2, 0.25) is 0 Å². The van der Waals surface area contributed by atoms with Crippen molar-refractivity contribution in [2.45, 2.75) is 31.2 Å². The lowest BCUT2D eigenvalue weighted by Gasteiger charge is -2.24. The molecule has 0 radical (unpaired) electrons. The maximum absolute atomic E-state index is 13.4. The third-order valence-corrected chi connectivity index (χ3v) is 7.71. The van der Waals surface area contributed by atoms with Crippen LogP contribution in [0.3, 0.4) is 0 Å². The number of sulfonamides is 1. The zero-order valence-electron chi connectivity index (χ0n) is 19.0. The van der Waals surface area contributed by atoms with E-state index in [4.69, 9.17) is 4.74 Å². The second-order valence-corrected chi connectivity index (χ2v) is 9.88. The van der Waals surface area contributed by atoms with Gasteiger partial charge in [-0.25, -0.2) is 13.2 Å². The highest BCUT2D eigenvalue weighted by atomic mass is 32.2. The van der Waals surface area contributed by atoms with E-state index >= 15 is 0 Å². The Kier molecular flexibility index (Phi) is 6.70. The normalized spacial score (nSPS) is 15.0. The molecule has 0 N–H and O–H groups in total. The van der Waals surface area contributed by atoms with Crippen LogP contribution in [0.15, 0.2) is 83.8 Å². The number of carbonyl (C=O) groups is 2. The molecule has 1 aliphatic heterocycles. The summed E-state index contributed by atoms with van der Waals surface area (Å²) in [4.78, 5) is 26.8. The number of fused-ring (bicyclic) bond motifs is 1. The molecule has 4 rings (SSSR count). The number of carbonyl (C=O) groups excluding carboxylic acids is 2. The van der Waals surface area contributed by atoms with Gasteiger partial charge in [0, 0.05) is 18.3 Å². The molecule has 0 aromatic heterocycles.